The van der Waals surface area contributed by atoms with Crippen LogP contribution in [-0.2, 0) is 11.2 Å². The van der Waals surface area contributed by atoms with Gasteiger partial charge in [-0.3, -0.25) is 0 Å². The van der Waals surface area contributed by atoms with Crippen LogP contribution in [-0.4, -0.2) is 73.9 Å². The van der Waals surface area contributed by atoms with Gasteiger partial charge >= 0.3 is 0 Å². The van der Waals surface area contributed by atoms with Crippen molar-refractivity contribution in [3.63, 3.8) is 0 Å². The zero-order chi connectivity index (χ0) is 15.6. The first kappa shape index (κ1) is 16.2. The van der Waals surface area contributed by atoms with Gasteiger partial charge in [-0.1, -0.05) is 12.1 Å². The Labute approximate surface area is 121 Å². The van der Waals surface area contributed by atoms with Crippen LogP contribution in [0.15, 0.2) is 24.3 Å². The summed E-state index contributed by atoms with van der Waals surface area (Å²) in [5.41, 5.74) is 0.706. The molecule has 2 rings (SSSR count). The quantitative estimate of drug-likeness (QED) is 0.384. The fraction of sp³-hybridized carbons (Fsp3) is 0.571. The summed E-state index contributed by atoms with van der Waals surface area (Å²) >= 11 is 0. The first-order chi connectivity index (χ1) is 9.93. The number of aromatic hydroxyl groups is 1. The van der Waals surface area contributed by atoms with Crippen molar-refractivity contribution in [3.8, 4) is 5.75 Å². The lowest BCUT2D eigenvalue weighted by Gasteiger charge is -2.41. The van der Waals surface area contributed by atoms with E-state index in [1.54, 1.807) is 12.1 Å². The van der Waals surface area contributed by atoms with Crippen molar-refractivity contribution in [3.05, 3.63) is 29.8 Å². The summed E-state index contributed by atoms with van der Waals surface area (Å²) in [6.45, 7) is -0.534. The molecule has 6 N–H and O–H groups in total. The Morgan fingerprint density at radius 3 is 2.19 bits per heavy atom. The number of phenols is 1. The lowest BCUT2D eigenvalue weighted by Crippen LogP contribution is -2.61. The molecule has 1 saturated heterocycles. The van der Waals surface area contributed by atoms with Gasteiger partial charge in [0.1, 0.15) is 36.3 Å². The first-order valence-electron chi connectivity index (χ1n) is 6.70. The Morgan fingerprint density at radius 2 is 1.62 bits per heavy atom. The highest BCUT2D eigenvalue weighted by Gasteiger charge is 2.45. The van der Waals surface area contributed by atoms with Gasteiger partial charge in [-0.15, -0.1) is 0 Å². The zero-order valence-corrected chi connectivity index (χ0v) is 11.3. The van der Waals surface area contributed by atoms with E-state index < -0.39 is 43.2 Å². The van der Waals surface area contributed by atoms with Crippen molar-refractivity contribution in [1.82, 2.24) is 0 Å². The molecule has 0 aliphatic carbocycles. The molecule has 0 bridgehead atoms. The summed E-state index contributed by atoms with van der Waals surface area (Å²) in [6.07, 6.45) is -7.59. The molecule has 7 nitrogen and oxygen atoms in total. The second-order valence-electron chi connectivity index (χ2n) is 5.23. The van der Waals surface area contributed by atoms with Crippen LogP contribution in [0.3, 0.4) is 0 Å². The average molecular weight is 300 g/mol. The number of hydrogen-bond acceptors (Lipinski definition) is 7. The Morgan fingerprint density at radius 1 is 1.00 bits per heavy atom. The van der Waals surface area contributed by atoms with E-state index in [-0.39, 0.29) is 12.2 Å². The van der Waals surface area contributed by atoms with Gasteiger partial charge < -0.3 is 35.4 Å². The third-order valence-electron chi connectivity index (χ3n) is 3.69. The topological polar surface area (TPSA) is 131 Å². The maximum Gasteiger partial charge on any atom is 0.115 e. The molecule has 0 radical (unpaired) electrons. The van der Waals surface area contributed by atoms with E-state index >= 15 is 0 Å². The summed E-state index contributed by atoms with van der Waals surface area (Å²) in [5.74, 6) is 0.0982. The van der Waals surface area contributed by atoms with Crippen molar-refractivity contribution in [2.24, 2.45) is 0 Å². The first-order valence-corrected chi connectivity index (χ1v) is 6.70. The predicted molar refractivity (Wildman–Crippen MR) is 71.6 cm³/mol. The molecule has 0 spiro atoms. The van der Waals surface area contributed by atoms with Crippen molar-refractivity contribution in [2.75, 3.05) is 6.61 Å². The van der Waals surface area contributed by atoms with E-state index in [9.17, 15) is 25.5 Å². The Hall–Kier alpha value is -1.22. The molecule has 1 fully saturated rings. The number of aliphatic hydroxyl groups is 5. The summed E-state index contributed by atoms with van der Waals surface area (Å²) in [6, 6.07) is 6.16. The molecule has 118 valence electrons. The van der Waals surface area contributed by atoms with Crippen LogP contribution in [0.25, 0.3) is 0 Å². The Bertz CT molecular complexity index is 447. The van der Waals surface area contributed by atoms with Gasteiger partial charge in [0.05, 0.1) is 12.7 Å². The largest absolute Gasteiger partial charge is 0.508 e. The van der Waals surface area contributed by atoms with Crippen molar-refractivity contribution < 1.29 is 35.4 Å². The third-order valence-corrected chi connectivity index (χ3v) is 3.69. The lowest BCUT2D eigenvalue weighted by molar-refractivity contribution is -0.248. The van der Waals surface area contributed by atoms with Gasteiger partial charge in [-0.2, -0.15) is 0 Å². The van der Waals surface area contributed by atoms with Gasteiger partial charge in [0.15, 0.2) is 0 Å². The van der Waals surface area contributed by atoms with Crippen molar-refractivity contribution in [2.45, 2.75) is 43.0 Å². The number of ether oxygens (including phenoxy) is 1. The van der Waals surface area contributed by atoms with Crippen LogP contribution in [0.5, 0.6) is 5.75 Å². The summed E-state index contributed by atoms with van der Waals surface area (Å²) in [5, 5.41) is 57.7. The molecule has 1 aliphatic heterocycles. The molecular formula is C14H20O7. The number of hydrogen-bond donors (Lipinski definition) is 6. The van der Waals surface area contributed by atoms with E-state index in [0.29, 0.717) is 5.56 Å². The van der Waals surface area contributed by atoms with Gasteiger partial charge in [-0.25, -0.2) is 0 Å². The van der Waals surface area contributed by atoms with Crippen LogP contribution in [0.1, 0.15) is 5.56 Å². The van der Waals surface area contributed by atoms with Gasteiger partial charge in [0.25, 0.3) is 0 Å². The van der Waals surface area contributed by atoms with Crippen molar-refractivity contribution >= 4 is 0 Å². The minimum atomic E-state index is -1.50. The van der Waals surface area contributed by atoms with E-state index in [0.717, 1.165) is 0 Å². The van der Waals surface area contributed by atoms with E-state index in [1.807, 2.05) is 0 Å². The second-order valence-corrected chi connectivity index (χ2v) is 5.23. The molecule has 0 saturated carbocycles. The highest BCUT2D eigenvalue weighted by molar-refractivity contribution is 5.26. The fourth-order valence-corrected chi connectivity index (χ4v) is 2.44. The number of benzene rings is 1. The molecule has 1 aromatic carbocycles. The number of aliphatic hydroxyl groups excluding tert-OH is 5. The molecular weight excluding hydrogens is 280 g/mol. The molecule has 0 aromatic heterocycles. The van der Waals surface area contributed by atoms with Crippen LogP contribution in [0.2, 0.25) is 0 Å². The van der Waals surface area contributed by atoms with E-state index in [4.69, 9.17) is 9.84 Å². The molecule has 6 atom stereocenters. The highest BCUT2D eigenvalue weighted by atomic mass is 16.6. The SMILES string of the molecule is OC[C@H]1O[C@@H](C(O)Cc2ccc(O)cc2)[C@H](O)[C@@H](O)[C@@H]1O. The highest BCUT2D eigenvalue weighted by Crippen LogP contribution is 2.25. The Balaban J connectivity index is 2.06. The van der Waals surface area contributed by atoms with Gasteiger partial charge in [-0.05, 0) is 17.7 Å². The van der Waals surface area contributed by atoms with Gasteiger partial charge in [0, 0.05) is 6.42 Å². The molecule has 0 amide bonds. The average Bonchev–Trinajstić information content (AvgIpc) is 2.47. The maximum absolute atomic E-state index is 10.2. The smallest absolute Gasteiger partial charge is 0.115 e. The monoisotopic (exact) mass is 300 g/mol. The number of phenolic OH excluding ortho intramolecular Hbond substituents is 1. The second kappa shape index (κ2) is 6.69. The molecule has 1 unspecified atom stereocenters. The molecule has 1 aliphatic rings. The Kier molecular flexibility index (Phi) is 5.15. The molecule has 7 heteroatoms. The van der Waals surface area contributed by atoms with Crippen LogP contribution in [0.4, 0.5) is 0 Å². The van der Waals surface area contributed by atoms with E-state index in [2.05, 4.69) is 0 Å². The standard InChI is InChI=1S/C14H20O7/c15-6-10-11(18)12(19)13(20)14(21-10)9(17)5-7-1-3-8(16)4-2-7/h1-4,9-20H,5-6H2/t9?,10-,11-,12+,13-,14+/m1/s1. The molecule has 1 heterocycles. The predicted octanol–water partition coefficient (Wildman–Crippen LogP) is -1.86. The normalized spacial score (nSPS) is 34.6. The summed E-state index contributed by atoms with van der Waals surface area (Å²) in [7, 11) is 0. The van der Waals surface area contributed by atoms with Crippen molar-refractivity contribution in [1.29, 1.82) is 0 Å². The summed E-state index contributed by atoms with van der Waals surface area (Å²) < 4.78 is 5.28. The van der Waals surface area contributed by atoms with E-state index in [1.165, 1.54) is 12.1 Å². The third kappa shape index (κ3) is 3.52. The number of rotatable bonds is 4. The molecule has 1 aromatic rings. The minimum Gasteiger partial charge on any atom is -0.508 e. The lowest BCUT2D eigenvalue weighted by atomic mass is 9.90. The molecule has 21 heavy (non-hydrogen) atoms. The zero-order valence-electron chi connectivity index (χ0n) is 11.3. The minimum absolute atomic E-state index is 0.0982. The summed E-state index contributed by atoms with van der Waals surface area (Å²) in [4.78, 5) is 0. The van der Waals surface area contributed by atoms with Crippen LogP contribution >= 0.6 is 0 Å². The maximum atomic E-state index is 10.2. The van der Waals surface area contributed by atoms with Crippen LogP contribution in [0, 0.1) is 0 Å². The van der Waals surface area contributed by atoms with Gasteiger partial charge in [0.2, 0.25) is 0 Å². The fourth-order valence-electron chi connectivity index (χ4n) is 2.44. The van der Waals surface area contributed by atoms with Crippen LogP contribution < -0.4 is 0 Å².